The van der Waals surface area contributed by atoms with Gasteiger partial charge < -0.3 is 10.1 Å². The monoisotopic (exact) mass is 529 g/mol. The molecule has 2 heterocycles. The van der Waals surface area contributed by atoms with E-state index in [4.69, 9.17) is 9.88 Å². The molecule has 0 aromatic heterocycles. The third-order valence-electron chi connectivity index (χ3n) is 6.51. The van der Waals surface area contributed by atoms with Crippen molar-refractivity contribution in [3.05, 3.63) is 64.7 Å². The number of hydrogen-bond donors (Lipinski definition) is 2. The van der Waals surface area contributed by atoms with E-state index in [1.165, 1.54) is 19.1 Å². The fourth-order valence-corrected chi connectivity index (χ4v) is 5.50. The lowest BCUT2D eigenvalue weighted by atomic mass is 9.72. The fourth-order valence-electron chi connectivity index (χ4n) is 4.70. The molecule has 2 fully saturated rings. The molecule has 194 valence electrons. The summed E-state index contributed by atoms with van der Waals surface area (Å²) in [6, 6.07) is 5.98. The average molecular weight is 530 g/mol. The van der Waals surface area contributed by atoms with Crippen LogP contribution >= 0.6 is 0 Å². The summed E-state index contributed by atoms with van der Waals surface area (Å²) in [5.41, 5.74) is -1.17. The maximum absolute atomic E-state index is 15.4. The zero-order valence-corrected chi connectivity index (χ0v) is 19.8. The Labute approximate surface area is 204 Å². The van der Waals surface area contributed by atoms with E-state index in [0.29, 0.717) is 12.1 Å². The summed E-state index contributed by atoms with van der Waals surface area (Å²) in [4.78, 5) is 25.7. The molecular formula is C23H23F4N3O5S. The minimum Gasteiger partial charge on any atom is -0.381 e. The number of ketones is 1. The predicted octanol–water partition coefficient (Wildman–Crippen LogP) is 2.58. The van der Waals surface area contributed by atoms with Crippen molar-refractivity contribution in [3.8, 4) is 0 Å². The van der Waals surface area contributed by atoms with Crippen LogP contribution in [0.5, 0.6) is 0 Å². The molecule has 2 unspecified atom stereocenters. The molecule has 2 aromatic carbocycles. The molecule has 36 heavy (non-hydrogen) atoms. The lowest BCUT2D eigenvalue weighted by molar-refractivity contribution is -0.164. The molecule has 2 aliphatic heterocycles. The lowest BCUT2D eigenvalue weighted by Crippen LogP contribution is -2.59. The molecule has 2 aliphatic rings. The van der Waals surface area contributed by atoms with Gasteiger partial charge >= 0.3 is 5.92 Å². The van der Waals surface area contributed by atoms with Crippen LogP contribution in [0.25, 0.3) is 0 Å². The number of alkyl halides is 2. The van der Waals surface area contributed by atoms with E-state index < -0.39 is 62.8 Å². The SMILES string of the molecule is Cc1cc(NC(=O)c2ccc(F)c(C(F)(F)C(=O)C3C4COCC3CN(S(N)(=O)=O)C4)c2)ccc1F. The third kappa shape index (κ3) is 5.01. The van der Waals surface area contributed by atoms with Crippen LogP contribution in [0.1, 0.15) is 21.5 Å². The van der Waals surface area contributed by atoms with E-state index in [0.717, 1.165) is 16.4 Å². The number of amides is 1. The highest BCUT2D eigenvalue weighted by atomic mass is 32.2. The molecule has 0 saturated carbocycles. The number of carbonyl (C=O) groups is 2. The zero-order valence-electron chi connectivity index (χ0n) is 19.0. The van der Waals surface area contributed by atoms with E-state index in [2.05, 4.69) is 5.32 Å². The summed E-state index contributed by atoms with van der Waals surface area (Å²) in [7, 11) is -4.10. The first kappa shape index (κ1) is 26.2. The van der Waals surface area contributed by atoms with Gasteiger partial charge in [-0.2, -0.15) is 21.5 Å². The Hall–Kier alpha value is -2.87. The smallest absolute Gasteiger partial charge is 0.333 e. The third-order valence-corrected chi connectivity index (χ3v) is 7.53. The second kappa shape index (κ2) is 9.54. The maximum Gasteiger partial charge on any atom is 0.333 e. The molecule has 2 bridgehead atoms. The second-order valence-electron chi connectivity index (χ2n) is 9.00. The van der Waals surface area contributed by atoms with Gasteiger partial charge in [-0.15, -0.1) is 0 Å². The topological polar surface area (TPSA) is 119 Å². The molecule has 0 radical (unpaired) electrons. The summed E-state index contributed by atoms with van der Waals surface area (Å²) in [6.07, 6.45) is 0. The van der Waals surface area contributed by atoms with Crippen molar-refractivity contribution >= 4 is 27.6 Å². The minimum absolute atomic E-state index is 0.142. The van der Waals surface area contributed by atoms with Gasteiger partial charge in [0, 0.05) is 42.1 Å². The summed E-state index contributed by atoms with van der Waals surface area (Å²) in [5.74, 6) is -11.7. The normalized spacial score (nSPS) is 22.8. The maximum atomic E-state index is 15.4. The number of rotatable bonds is 6. The van der Waals surface area contributed by atoms with Crippen LogP contribution in [0.3, 0.4) is 0 Å². The Balaban J connectivity index is 1.60. The molecule has 0 spiro atoms. The Morgan fingerprint density at radius 1 is 1.06 bits per heavy atom. The van der Waals surface area contributed by atoms with Crippen LogP contribution in [0.15, 0.2) is 36.4 Å². The Morgan fingerprint density at radius 2 is 1.67 bits per heavy atom. The number of carbonyl (C=O) groups excluding carboxylic acids is 2. The highest BCUT2D eigenvalue weighted by molar-refractivity contribution is 7.86. The van der Waals surface area contributed by atoms with Crippen molar-refractivity contribution in [2.45, 2.75) is 12.8 Å². The van der Waals surface area contributed by atoms with Gasteiger partial charge in [-0.25, -0.2) is 13.9 Å². The molecule has 2 atom stereocenters. The summed E-state index contributed by atoms with van der Waals surface area (Å²) >= 11 is 0. The quantitative estimate of drug-likeness (QED) is 0.558. The van der Waals surface area contributed by atoms with Crippen molar-refractivity contribution in [1.82, 2.24) is 4.31 Å². The van der Waals surface area contributed by atoms with Crippen LogP contribution in [-0.2, 0) is 25.7 Å². The molecular weight excluding hydrogens is 506 g/mol. The highest BCUT2D eigenvalue weighted by Gasteiger charge is 2.55. The second-order valence-corrected chi connectivity index (χ2v) is 10.5. The molecule has 2 aromatic rings. The molecule has 8 nitrogen and oxygen atoms in total. The number of halogens is 4. The molecule has 1 amide bonds. The highest BCUT2D eigenvalue weighted by Crippen LogP contribution is 2.42. The molecule has 13 heteroatoms. The number of nitrogens with one attached hydrogen (secondary N) is 1. The minimum atomic E-state index is -4.31. The van der Waals surface area contributed by atoms with E-state index >= 15 is 8.78 Å². The number of fused-ring (bicyclic) bond motifs is 2. The number of Topliss-reactive ketones (excluding diaryl/α,β-unsaturated/α-hetero) is 1. The Morgan fingerprint density at radius 3 is 2.25 bits per heavy atom. The number of anilines is 1. The number of nitrogens with zero attached hydrogens (tertiary/aromatic N) is 1. The Bertz CT molecular complexity index is 1310. The van der Waals surface area contributed by atoms with Crippen LogP contribution in [-0.4, -0.2) is 50.7 Å². The van der Waals surface area contributed by atoms with Gasteiger partial charge in [0.05, 0.1) is 18.8 Å². The van der Waals surface area contributed by atoms with E-state index in [-0.39, 0.29) is 43.1 Å². The van der Waals surface area contributed by atoms with Gasteiger partial charge in [-0.3, -0.25) is 9.59 Å². The first-order chi connectivity index (χ1) is 16.8. The molecule has 4 rings (SSSR count). The zero-order chi connectivity index (χ0) is 26.4. The first-order valence-electron chi connectivity index (χ1n) is 10.9. The fraction of sp³-hybridized carbons (Fsp3) is 0.391. The van der Waals surface area contributed by atoms with Crippen molar-refractivity contribution in [2.24, 2.45) is 22.9 Å². The van der Waals surface area contributed by atoms with Crippen molar-refractivity contribution in [3.63, 3.8) is 0 Å². The summed E-state index contributed by atoms with van der Waals surface area (Å²) in [6.45, 7) is 0.614. The molecule has 3 N–H and O–H groups in total. The lowest BCUT2D eigenvalue weighted by Gasteiger charge is -2.45. The number of aryl methyl sites for hydroxylation is 1. The largest absolute Gasteiger partial charge is 0.381 e. The van der Waals surface area contributed by atoms with Crippen LogP contribution in [0.2, 0.25) is 0 Å². The van der Waals surface area contributed by atoms with Gasteiger partial charge in [0.15, 0.2) is 0 Å². The Kier molecular flexibility index (Phi) is 6.94. The van der Waals surface area contributed by atoms with Crippen molar-refractivity contribution in [1.29, 1.82) is 0 Å². The van der Waals surface area contributed by atoms with E-state index in [1.54, 1.807) is 0 Å². The predicted molar refractivity (Wildman–Crippen MR) is 120 cm³/mol. The van der Waals surface area contributed by atoms with E-state index in [9.17, 15) is 26.8 Å². The summed E-state index contributed by atoms with van der Waals surface area (Å²) < 4.78 is 88.6. The van der Waals surface area contributed by atoms with Crippen molar-refractivity contribution in [2.75, 3.05) is 31.6 Å². The van der Waals surface area contributed by atoms with Crippen LogP contribution in [0, 0.1) is 36.3 Å². The van der Waals surface area contributed by atoms with Crippen LogP contribution in [0.4, 0.5) is 23.2 Å². The van der Waals surface area contributed by atoms with E-state index in [1.807, 2.05) is 0 Å². The van der Waals surface area contributed by atoms with Gasteiger partial charge in [0.2, 0.25) is 5.78 Å². The average Bonchev–Trinajstić information content (AvgIpc) is 2.79. The standard InChI is InChI=1S/C23H23F4N3O5S/c1-12-6-16(3-5-18(12)24)29-22(32)13-2-4-19(25)17(7-13)23(26,27)21(31)20-14-8-30(36(28,33)34)9-15(20)11-35-10-14/h2-7,14-15,20H,8-11H2,1H3,(H,29,32)(H2,28,33,34). The van der Waals surface area contributed by atoms with Crippen LogP contribution < -0.4 is 10.5 Å². The van der Waals surface area contributed by atoms with Gasteiger partial charge in [0.25, 0.3) is 16.1 Å². The summed E-state index contributed by atoms with van der Waals surface area (Å²) in [5, 5.41) is 7.59. The first-order valence-corrected chi connectivity index (χ1v) is 12.4. The number of ether oxygens (including phenoxy) is 1. The number of hydrogen-bond acceptors (Lipinski definition) is 5. The number of piperidine rings is 1. The number of nitrogens with two attached hydrogens (primary N) is 1. The van der Waals surface area contributed by atoms with Crippen molar-refractivity contribution < 1.29 is 40.3 Å². The van der Waals surface area contributed by atoms with Gasteiger partial charge in [-0.1, -0.05) is 0 Å². The van der Waals surface area contributed by atoms with Gasteiger partial charge in [0.1, 0.15) is 11.6 Å². The number of benzene rings is 2. The van der Waals surface area contributed by atoms with Gasteiger partial charge in [-0.05, 0) is 48.9 Å². The molecule has 0 aliphatic carbocycles. The molecule has 2 saturated heterocycles.